The number of rotatable bonds is 5. The summed E-state index contributed by atoms with van der Waals surface area (Å²) in [4.78, 5) is 17.8. The number of amides is 1. The van der Waals surface area contributed by atoms with Gasteiger partial charge in [0.05, 0.1) is 28.1 Å². The Kier molecular flexibility index (Phi) is 7.14. The molecule has 5 nitrogen and oxygen atoms in total. The minimum Gasteiger partial charge on any atom is -0.343 e. The highest BCUT2D eigenvalue weighted by molar-refractivity contribution is 7.99. The highest BCUT2D eigenvalue weighted by Gasteiger charge is 2.30. The van der Waals surface area contributed by atoms with Crippen molar-refractivity contribution in [1.29, 1.82) is 0 Å². The second-order valence-electron chi connectivity index (χ2n) is 8.35. The number of nitrogens with zero attached hydrogens (tertiary/aromatic N) is 3. The lowest BCUT2D eigenvalue weighted by Crippen LogP contribution is -2.28. The maximum absolute atomic E-state index is 13.5. The van der Waals surface area contributed by atoms with E-state index in [0.29, 0.717) is 32.9 Å². The van der Waals surface area contributed by atoms with E-state index in [2.05, 4.69) is 10.3 Å². The van der Waals surface area contributed by atoms with Crippen LogP contribution in [0.5, 0.6) is 0 Å². The van der Waals surface area contributed by atoms with Crippen LogP contribution in [0.2, 0.25) is 10.0 Å². The Labute approximate surface area is 222 Å². The van der Waals surface area contributed by atoms with E-state index in [9.17, 15) is 9.18 Å². The largest absolute Gasteiger partial charge is 0.343 e. The van der Waals surface area contributed by atoms with Gasteiger partial charge >= 0.3 is 0 Å². The Bertz CT molecular complexity index is 1450. The van der Waals surface area contributed by atoms with Crippen molar-refractivity contribution < 1.29 is 9.18 Å². The summed E-state index contributed by atoms with van der Waals surface area (Å²) in [6.07, 6.45) is 3.69. The van der Waals surface area contributed by atoms with Crippen LogP contribution in [0, 0.1) is 5.82 Å². The molecule has 0 radical (unpaired) electrons. The predicted molar refractivity (Wildman–Crippen MR) is 144 cm³/mol. The third-order valence-electron chi connectivity index (χ3n) is 5.83. The van der Waals surface area contributed by atoms with Crippen LogP contribution in [0.4, 0.5) is 4.39 Å². The lowest BCUT2D eigenvalue weighted by Gasteiger charge is -2.19. The molecule has 2 aromatic carbocycles. The molecule has 0 saturated carbocycles. The molecule has 5 rings (SSSR count). The molecule has 2 aromatic heterocycles. The van der Waals surface area contributed by atoms with Gasteiger partial charge in [0.25, 0.3) is 5.91 Å². The molecule has 9 heteroatoms. The molecule has 4 aromatic rings. The maximum atomic E-state index is 13.5. The van der Waals surface area contributed by atoms with Crippen molar-refractivity contribution in [1.82, 2.24) is 20.1 Å². The zero-order chi connectivity index (χ0) is 25.2. The summed E-state index contributed by atoms with van der Waals surface area (Å²) in [6, 6.07) is 16.7. The Morgan fingerprint density at radius 1 is 1.14 bits per heavy atom. The molecule has 0 fully saturated rings. The van der Waals surface area contributed by atoms with E-state index < -0.39 is 0 Å². The fourth-order valence-corrected chi connectivity index (χ4v) is 5.61. The summed E-state index contributed by atoms with van der Waals surface area (Å²) in [6.45, 7) is 1.88. The van der Waals surface area contributed by atoms with E-state index in [1.165, 1.54) is 12.1 Å². The van der Waals surface area contributed by atoms with Crippen molar-refractivity contribution in [3.8, 4) is 5.69 Å². The van der Waals surface area contributed by atoms with Gasteiger partial charge in [0, 0.05) is 28.3 Å². The second kappa shape index (κ2) is 10.5. The molecule has 3 heterocycles. The summed E-state index contributed by atoms with van der Waals surface area (Å²) in [5.74, 6) is 0.723. The molecule has 36 heavy (non-hydrogen) atoms. The molecule has 1 aliphatic rings. The van der Waals surface area contributed by atoms with Crippen LogP contribution < -0.4 is 5.32 Å². The van der Waals surface area contributed by atoms with E-state index in [1.807, 2.05) is 31.2 Å². The summed E-state index contributed by atoms with van der Waals surface area (Å²) in [7, 11) is 0. The average Bonchev–Trinajstić information content (AvgIpc) is 3.26. The number of pyridine rings is 1. The highest BCUT2D eigenvalue weighted by atomic mass is 35.5. The first-order chi connectivity index (χ1) is 17.4. The number of hydrogen-bond donors (Lipinski definition) is 1. The third-order valence-corrected chi connectivity index (χ3v) is 7.38. The smallest absolute Gasteiger partial charge is 0.272 e. The minimum absolute atomic E-state index is 0.295. The first-order valence-electron chi connectivity index (χ1n) is 11.2. The van der Waals surface area contributed by atoms with Gasteiger partial charge < -0.3 is 5.32 Å². The maximum Gasteiger partial charge on any atom is 0.272 e. The molecule has 182 valence electrons. The SMILES string of the molecule is C[C@@H](NC(=O)c1nn(-c2ccc(Cl)cc2Cl)c2c1CSCC2=Cc1ccc(F)cc1)c1ccccn1. The quantitative estimate of drug-likeness (QED) is 0.297. The van der Waals surface area contributed by atoms with Gasteiger partial charge in [0.15, 0.2) is 5.69 Å². The van der Waals surface area contributed by atoms with Crippen molar-refractivity contribution >= 4 is 52.5 Å². The van der Waals surface area contributed by atoms with Crippen LogP contribution in [0.15, 0.2) is 66.9 Å². The van der Waals surface area contributed by atoms with Gasteiger partial charge in [-0.25, -0.2) is 9.07 Å². The molecular weight excluding hydrogens is 518 g/mol. The lowest BCUT2D eigenvalue weighted by atomic mass is 10.0. The zero-order valence-electron chi connectivity index (χ0n) is 19.2. The van der Waals surface area contributed by atoms with Gasteiger partial charge in [-0.2, -0.15) is 16.9 Å². The number of hydrogen-bond acceptors (Lipinski definition) is 4. The number of aromatic nitrogens is 3. The molecule has 1 aliphatic heterocycles. The molecule has 1 atom stereocenters. The molecule has 0 bridgehead atoms. The number of thioether (sulfide) groups is 1. The molecule has 1 N–H and O–H groups in total. The predicted octanol–water partition coefficient (Wildman–Crippen LogP) is 6.99. The number of nitrogens with one attached hydrogen (secondary N) is 1. The number of fused-ring (bicyclic) bond motifs is 1. The average molecular weight is 539 g/mol. The van der Waals surface area contributed by atoms with Gasteiger partial charge in [0.2, 0.25) is 0 Å². The number of carbonyl (C=O) groups excluding carboxylic acids is 1. The van der Waals surface area contributed by atoms with E-state index >= 15 is 0 Å². The molecule has 1 amide bonds. The molecule has 0 saturated heterocycles. The molecular formula is C27H21Cl2FN4OS. The van der Waals surface area contributed by atoms with Gasteiger partial charge in [-0.05, 0) is 66.6 Å². The number of halogens is 3. The van der Waals surface area contributed by atoms with Gasteiger partial charge in [-0.3, -0.25) is 9.78 Å². The fourth-order valence-electron chi connectivity index (χ4n) is 4.10. The summed E-state index contributed by atoms with van der Waals surface area (Å²) in [5.41, 5.74) is 5.13. The Morgan fingerprint density at radius 3 is 2.67 bits per heavy atom. The first-order valence-corrected chi connectivity index (χ1v) is 13.1. The third kappa shape index (κ3) is 5.05. The molecule has 0 spiro atoms. The Hall–Kier alpha value is -3.13. The number of carbonyl (C=O) groups is 1. The zero-order valence-corrected chi connectivity index (χ0v) is 21.5. The van der Waals surface area contributed by atoms with Gasteiger partial charge in [0.1, 0.15) is 5.82 Å². The minimum atomic E-state index is -0.302. The fraction of sp³-hybridized carbons (Fsp3) is 0.148. The van der Waals surface area contributed by atoms with Crippen molar-refractivity contribution in [2.75, 3.05) is 5.75 Å². The summed E-state index contributed by atoms with van der Waals surface area (Å²) < 4.78 is 15.2. The van der Waals surface area contributed by atoms with Crippen molar-refractivity contribution in [3.05, 3.63) is 111 Å². The summed E-state index contributed by atoms with van der Waals surface area (Å²) in [5, 5.41) is 8.69. The topological polar surface area (TPSA) is 59.8 Å². The van der Waals surface area contributed by atoms with Crippen LogP contribution in [0.25, 0.3) is 17.3 Å². The van der Waals surface area contributed by atoms with Gasteiger partial charge in [-0.1, -0.05) is 41.4 Å². The van der Waals surface area contributed by atoms with Gasteiger partial charge in [-0.15, -0.1) is 0 Å². The van der Waals surface area contributed by atoms with Crippen molar-refractivity contribution in [2.45, 2.75) is 18.7 Å². The van der Waals surface area contributed by atoms with E-state index in [-0.39, 0.29) is 17.8 Å². The summed E-state index contributed by atoms with van der Waals surface area (Å²) >= 11 is 14.4. The molecule has 0 unspecified atom stereocenters. The van der Waals surface area contributed by atoms with E-state index in [1.54, 1.807) is 53.0 Å². The van der Waals surface area contributed by atoms with Crippen LogP contribution in [0.3, 0.4) is 0 Å². The Morgan fingerprint density at radius 2 is 1.94 bits per heavy atom. The van der Waals surface area contributed by atoms with Crippen molar-refractivity contribution in [3.63, 3.8) is 0 Å². The van der Waals surface area contributed by atoms with Crippen LogP contribution in [0.1, 0.15) is 46.0 Å². The van der Waals surface area contributed by atoms with E-state index in [0.717, 1.165) is 28.1 Å². The standard InChI is InChI=1S/C27H21Cl2FN4OS/c1-16(23-4-2-3-11-31-23)32-27(35)25-21-15-36-14-18(12-17-5-8-20(30)9-6-17)26(21)34(33-25)24-10-7-19(28)13-22(24)29/h2-13,16H,14-15H2,1H3,(H,32,35)/t16-/m1/s1. The second-order valence-corrected chi connectivity index (χ2v) is 10.2. The first kappa shape index (κ1) is 24.6. The van der Waals surface area contributed by atoms with Crippen LogP contribution >= 0.6 is 35.0 Å². The highest BCUT2D eigenvalue weighted by Crippen LogP contribution is 2.38. The van der Waals surface area contributed by atoms with Crippen LogP contribution in [-0.4, -0.2) is 26.4 Å². The normalized spacial score (nSPS) is 14.9. The monoisotopic (exact) mass is 538 g/mol. The molecule has 0 aliphatic carbocycles. The van der Waals surface area contributed by atoms with Crippen LogP contribution in [-0.2, 0) is 5.75 Å². The van der Waals surface area contributed by atoms with Crippen molar-refractivity contribution in [2.24, 2.45) is 0 Å². The lowest BCUT2D eigenvalue weighted by molar-refractivity contribution is 0.0933. The Balaban J connectivity index is 1.61. The van der Waals surface area contributed by atoms with E-state index in [4.69, 9.17) is 28.3 Å². The number of benzene rings is 2.